The smallest absolute Gasteiger partial charge is 0.319 e. The number of halogens is 1. The first-order valence-electron chi connectivity index (χ1n) is 5.75. The Labute approximate surface area is 105 Å². The molecular weight excluding hydrogens is 237 g/mol. The molecule has 2 rings (SSSR count). The number of methoxy groups -OCH3 is 1. The summed E-state index contributed by atoms with van der Waals surface area (Å²) in [5.41, 5.74) is 0.550. The molecule has 1 aliphatic heterocycles. The lowest BCUT2D eigenvalue weighted by Gasteiger charge is -2.18. The molecular formula is C12H16FN3O2. The number of carbonyl (C=O) groups is 1. The summed E-state index contributed by atoms with van der Waals surface area (Å²) in [6, 6.07) is 5.23. The monoisotopic (exact) mass is 253 g/mol. The Morgan fingerprint density at radius 1 is 1.39 bits per heavy atom. The normalized spacial score (nSPS) is 22.8. The fourth-order valence-corrected chi connectivity index (χ4v) is 1.92. The van der Waals surface area contributed by atoms with Crippen molar-refractivity contribution >= 4 is 11.7 Å². The van der Waals surface area contributed by atoms with E-state index in [0.29, 0.717) is 12.2 Å². The summed E-state index contributed by atoms with van der Waals surface area (Å²) in [6.45, 7) is 1.40. The van der Waals surface area contributed by atoms with Crippen molar-refractivity contribution in [1.29, 1.82) is 0 Å². The average Bonchev–Trinajstić information content (AvgIpc) is 2.79. The standard InChI is InChI=1S/C12H16FN3O2/c1-18-11-7-14-6-10(11)16-12(17)15-9-4-2-8(13)3-5-9/h2-5,10-11,14H,6-7H2,1H3,(H2,15,16,17)/t10?,11-/m0/s1. The van der Waals surface area contributed by atoms with Gasteiger partial charge in [0.15, 0.2) is 0 Å². The Kier molecular flexibility index (Phi) is 4.11. The van der Waals surface area contributed by atoms with Crippen molar-refractivity contribution < 1.29 is 13.9 Å². The minimum Gasteiger partial charge on any atom is -0.378 e. The zero-order valence-electron chi connectivity index (χ0n) is 10.1. The van der Waals surface area contributed by atoms with Crippen LogP contribution in [0.25, 0.3) is 0 Å². The molecule has 0 aliphatic carbocycles. The van der Waals surface area contributed by atoms with Crippen LogP contribution >= 0.6 is 0 Å². The molecule has 0 aromatic heterocycles. The van der Waals surface area contributed by atoms with Crippen LogP contribution in [0.1, 0.15) is 0 Å². The van der Waals surface area contributed by atoms with E-state index < -0.39 is 0 Å². The highest BCUT2D eigenvalue weighted by Gasteiger charge is 2.28. The lowest BCUT2D eigenvalue weighted by molar-refractivity contribution is 0.0991. The van der Waals surface area contributed by atoms with Gasteiger partial charge < -0.3 is 20.7 Å². The second kappa shape index (κ2) is 5.79. The molecule has 18 heavy (non-hydrogen) atoms. The Morgan fingerprint density at radius 2 is 2.11 bits per heavy atom. The third-order valence-electron chi connectivity index (χ3n) is 2.88. The van der Waals surface area contributed by atoms with Gasteiger partial charge in [-0.1, -0.05) is 0 Å². The average molecular weight is 253 g/mol. The lowest BCUT2D eigenvalue weighted by atomic mass is 10.2. The quantitative estimate of drug-likeness (QED) is 0.751. The highest BCUT2D eigenvalue weighted by atomic mass is 19.1. The van der Waals surface area contributed by atoms with Crippen molar-refractivity contribution in [1.82, 2.24) is 10.6 Å². The van der Waals surface area contributed by atoms with Crippen molar-refractivity contribution in [3.05, 3.63) is 30.1 Å². The molecule has 1 fully saturated rings. The minimum atomic E-state index is -0.333. The maximum absolute atomic E-state index is 12.7. The molecule has 2 atom stereocenters. The molecule has 2 amide bonds. The first-order valence-corrected chi connectivity index (χ1v) is 5.75. The van der Waals surface area contributed by atoms with Gasteiger partial charge in [-0.25, -0.2) is 9.18 Å². The SMILES string of the molecule is CO[C@H]1CNCC1NC(=O)Nc1ccc(F)cc1. The van der Waals surface area contributed by atoms with Crippen molar-refractivity contribution in [3.63, 3.8) is 0 Å². The van der Waals surface area contributed by atoms with Crippen LogP contribution in [0.3, 0.4) is 0 Å². The van der Waals surface area contributed by atoms with Crippen molar-refractivity contribution in [2.24, 2.45) is 0 Å². The molecule has 1 heterocycles. The number of ether oxygens (including phenoxy) is 1. The predicted molar refractivity (Wildman–Crippen MR) is 66.0 cm³/mol. The van der Waals surface area contributed by atoms with E-state index in [2.05, 4.69) is 16.0 Å². The van der Waals surface area contributed by atoms with E-state index in [0.717, 1.165) is 6.54 Å². The predicted octanol–water partition coefficient (Wildman–Crippen LogP) is 0.934. The number of carbonyl (C=O) groups excluding carboxylic acids is 1. The van der Waals surface area contributed by atoms with Gasteiger partial charge in [-0.2, -0.15) is 0 Å². The van der Waals surface area contributed by atoms with Crippen LogP contribution in [-0.2, 0) is 4.74 Å². The van der Waals surface area contributed by atoms with Gasteiger partial charge in [0.1, 0.15) is 5.82 Å². The molecule has 0 spiro atoms. The van der Waals surface area contributed by atoms with Crippen LogP contribution in [0.2, 0.25) is 0 Å². The van der Waals surface area contributed by atoms with Crippen LogP contribution in [0, 0.1) is 5.82 Å². The molecule has 1 aromatic carbocycles. The van der Waals surface area contributed by atoms with Gasteiger partial charge >= 0.3 is 6.03 Å². The van der Waals surface area contributed by atoms with Gasteiger partial charge in [-0.3, -0.25) is 0 Å². The summed E-state index contributed by atoms with van der Waals surface area (Å²) in [5.74, 6) is -0.333. The molecule has 6 heteroatoms. The molecule has 3 N–H and O–H groups in total. The summed E-state index contributed by atoms with van der Waals surface area (Å²) in [5, 5.41) is 8.59. The Morgan fingerprint density at radius 3 is 2.78 bits per heavy atom. The summed E-state index contributed by atoms with van der Waals surface area (Å²) in [4.78, 5) is 11.7. The number of benzene rings is 1. The zero-order chi connectivity index (χ0) is 13.0. The second-order valence-corrected chi connectivity index (χ2v) is 4.14. The van der Waals surface area contributed by atoms with Crippen LogP contribution in [0.4, 0.5) is 14.9 Å². The maximum Gasteiger partial charge on any atom is 0.319 e. The fraction of sp³-hybridized carbons (Fsp3) is 0.417. The first kappa shape index (κ1) is 12.8. The minimum absolute atomic E-state index is 0.0241. The molecule has 98 valence electrons. The molecule has 5 nitrogen and oxygen atoms in total. The van der Waals surface area contributed by atoms with Crippen LogP contribution in [0.15, 0.2) is 24.3 Å². The lowest BCUT2D eigenvalue weighted by Crippen LogP contribution is -2.45. The summed E-state index contributed by atoms with van der Waals surface area (Å²) >= 11 is 0. The Bertz CT molecular complexity index is 410. The van der Waals surface area contributed by atoms with E-state index in [1.165, 1.54) is 24.3 Å². The third-order valence-corrected chi connectivity index (χ3v) is 2.88. The molecule has 1 aromatic rings. The van der Waals surface area contributed by atoms with Crippen LogP contribution in [0.5, 0.6) is 0 Å². The van der Waals surface area contributed by atoms with E-state index in [4.69, 9.17) is 4.74 Å². The zero-order valence-corrected chi connectivity index (χ0v) is 10.1. The van der Waals surface area contributed by atoms with Crippen LogP contribution < -0.4 is 16.0 Å². The number of hydrogen-bond acceptors (Lipinski definition) is 3. The number of anilines is 1. The molecule has 0 saturated carbocycles. The van der Waals surface area contributed by atoms with Gasteiger partial charge in [0, 0.05) is 25.9 Å². The van der Waals surface area contributed by atoms with Gasteiger partial charge in [0.05, 0.1) is 12.1 Å². The van der Waals surface area contributed by atoms with Gasteiger partial charge in [-0.15, -0.1) is 0 Å². The second-order valence-electron chi connectivity index (χ2n) is 4.14. The summed E-state index contributed by atoms with van der Waals surface area (Å²) < 4.78 is 17.9. The van der Waals surface area contributed by atoms with Gasteiger partial charge in [-0.05, 0) is 24.3 Å². The van der Waals surface area contributed by atoms with Crippen LogP contribution in [-0.4, -0.2) is 38.4 Å². The molecule has 0 radical (unpaired) electrons. The number of rotatable bonds is 3. The fourth-order valence-electron chi connectivity index (χ4n) is 1.92. The molecule has 0 bridgehead atoms. The van der Waals surface area contributed by atoms with Crippen molar-refractivity contribution in [2.45, 2.75) is 12.1 Å². The Hall–Kier alpha value is -1.66. The number of amides is 2. The summed E-state index contributed by atoms with van der Waals surface area (Å²) in [7, 11) is 1.62. The van der Waals surface area contributed by atoms with E-state index in [-0.39, 0.29) is 24.0 Å². The maximum atomic E-state index is 12.7. The number of urea groups is 1. The van der Waals surface area contributed by atoms with E-state index in [9.17, 15) is 9.18 Å². The van der Waals surface area contributed by atoms with Gasteiger partial charge in [0.2, 0.25) is 0 Å². The largest absolute Gasteiger partial charge is 0.378 e. The van der Waals surface area contributed by atoms with E-state index in [1.807, 2.05) is 0 Å². The molecule has 1 saturated heterocycles. The topological polar surface area (TPSA) is 62.4 Å². The van der Waals surface area contributed by atoms with E-state index in [1.54, 1.807) is 7.11 Å². The highest BCUT2D eigenvalue weighted by Crippen LogP contribution is 2.09. The summed E-state index contributed by atoms with van der Waals surface area (Å²) in [6.07, 6.45) is -0.0241. The first-order chi connectivity index (χ1) is 8.69. The Balaban J connectivity index is 1.86. The number of nitrogens with one attached hydrogen (secondary N) is 3. The molecule has 1 unspecified atom stereocenters. The third kappa shape index (κ3) is 3.18. The van der Waals surface area contributed by atoms with Gasteiger partial charge in [0.25, 0.3) is 0 Å². The molecule has 1 aliphatic rings. The highest BCUT2D eigenvalue weighted by molar-refractivity contribution is 5.89. The number of hydrogen-bond donors (Lipinski definition) is 3. The van der Waals surface area contributed by atoms with Crippen molar-refractivity contribution in [3.8, 4) is 0 Å². The van der Waals surface area contributed by atoms with Crippen molar-refractivity contribution in [2.75, 3.05) is 25.5 Å². The van der Waals surface area contributed by atoms with E-state index >= 15 is 0 Å².